The Kier molecular flexibility index (Phi) is 7.59. The first-order valence-corrected chi connectivity index (χ1v) is 14.6. The highest BCUT2D eigenvalue weighted by Crippen LogP contribution is 2.38. The minimum absolute atomic E-state index is 0.106. The zero-order valence-electron chi connectivity index (χ0n) is 18.5. The number of sulfonamides is 1. The van der Waals surface area contributed by atoms with Crippen LogP contribution in [0, 0.1) is 0 Å². The van der Waals surface area contributed by atoms with Gasteiger partial charge >= 0.3 is 6.18 Å². The zero-order chi connectivity index (χ0) is 26.2. The maximum absolute atomic E-state index is 13.6. The number of rotatable bonds is 9. The third-order valence-corrected chi connectivity index (χ3v) is 8.07. The molecule has 0 aliphatic carbocycles. The van der Waals surface area contributed by atoms with E-state index >= 15 is 0 Å². The summed E-state index contributed by atoms with van der Waals surface area (Å²) in [6.07, 6.45) is -1.97. The van der Waals surface area contributed by atoms with Gasteiger partial charge in [-0.25, -0.2) is 27.0 Å². The number of aryl methyl sites for hydroxylation is 1. The molecule has 0 bridgehead atoms. The van der Waals surface area contributed by atoms with Crippen molar-refractivity contribution < 1.29 is 34.8 Å². The highest BCUT2D eigenvalue weighted by molar-refractivity contribution is 7.91. The number of hydrogen-bond donors (Lipinski definition) is 2. The number of amides is 1. The molecule has 0 spiro atoms. The number of carbonyl (C=O) groups excluding carboxylic acids is 1. The Morgan fingerprint density at radius 1 is 1.26 bits per heavy atom. The Balaban J connectivity index is 2.01. The Morgan fingerprint density at radius 3 is 2.51 bits per heavy atom. The number of alkyl halides is 3. The molecule has 35 heavy (non-hydrogen) atoms. The summed E-state index contributed by atoms with van der Waals surface area (Å²) in [4.78, 5) is 16.8. The van der Waals surface area contributed by atoms with E-state index in [4.69, 9.17) is 5.14 Å². The van der Waals surface area contributed by atoms with Crippen molar-refractivity contribution in [1.29, 1.82) is 0 Å². The predicted molar refractivity (Wildman–Crippen MR) is 125 cm³/mol. The van der Waals surface area contributed by atoms with E-state index in [2.05, 4.69) is 15.4 Å². The van der Waals surface area contributed by atoms with E-state index in [1.807, 2.05) is 6.92 Å². The molecule has 2 heterocycles. The minimum Gasteiger partial charge on any atom is -0.354 e. The number of fused-ring (bicyclic) bond motifs is 1. The lowest BCUT2D eigenvalue weighted by molar-refractivity contribution is -0.141. The highest BCUT2D eigenvalue weighted by Gasteiger charge is 2.38. The molecule has 0 aliphatic heterocycles. The van der Waals surface area contributed by atoms with Crippen molar-refractivity contribution in [3.8, 4) is 11.1 Å². The molecule has 0 fully saturated rings. The van der Waals surface area contributed by atoms with Gasteiger partial charge in [0.25, 0.3) is 0 Å². The Labute approximate surface area is 203 Å². The second-order valence-electron chi connectivity index (χ2n) is 7.75. The molecule has 0 saturated heterocycles. The molecule has 192 valence electrons. The van der Waals surface area contributed by atoms with Crippen LogP contribution >= 0.6 is 11.3 Å². The number of hydrogen-bond acceptors (Lipinski definition) is 8. The predicted octanol–water partition coefficient (Wildman–Crippen LogP) is 2.08. The molecule has 3 N–H and O–H groups in total. The van der Waals surface area contributed by atoms with Gasteiger partial charge in [-0.2, -0.15) is 18.3 Å². The minimum atomic E-state index is -4.68. The van der Waals surface area contributed by atoms with Gasteiger partial charge in [0.15, 0.2) is 20.8 Å². The average molecular weight is 554 g/mol. The van der Waals surface area contributed by atoms with E-state index in [1.165, 1.54) is 29.1 Å². The Bertz CT molecular complexity index is 1460. The van der Waals surface area contributed by atoms with Crippen molar-refractivity contribution in [1.82, 2.24) is 20.1 Å². The second-order valence-corrected chi connectivity index (χ2v) is 12.7. The summed E-state index contributed by atoms with van der Waals surface area (Å²) in [6.45, 7) is 1.70. The molecular formula is C19H22F3N5O5S3. The number of thiazole rings is 1. The number of halogens is 3. The van der Waals surface area contributed by atoms with Gasteiger partial charge in [0.1, 0.15) is 5.01 Å². The Morgan fingerprint density at radius 2 is 1.94 bits per heavy atom. The van der Waals surface area contributed by atoms with Gasteiger partial charge < -0.3 is 5.32 Å². The fourth-order valence-electron chi connectivity index (χ4n) is 3.31. The lowest BCUT2D eigenvalue weighted by Gasteiger charge is -2.12. The first kappa shape index (κ1) is 27.0. The number of benzene rings is 1. The van der Waals surface area contributed by atoms with Crippen molar-refractivity contribution in [2.45, 2.75) is 31.3 Å². The largest absolute Gasteiger partial charge is 0.435 e. The number of carbonyl (C=O) groups is 1. The third kappa shape index (κ3) is 6.56. The van der Waals surface area contributed by atoms with E-state index in [1.54, 1.807) is 0 Å². The normalized spacial score (nSPS) is 13.8. The third-order valence-electron chi connectivity index (χ3n) is 4.78. The molecule has 2 aromatic heterocycles. The van der Waals surface area contributed by atoms with Gasteiger partial charge in [0.2, 0.25) is 15.9 Å². The zero-order valence-corrected chi connectivity index (χ0v) is 21.0. The standard InChI is InChI=1S/C19H22F3N5O5S3/c1-3-7-27-10-12(16(26-27)19(20,21)22)11-4-5-13-14(9-11)33-18(25-13)15(34(2,29)30)17(28)24-6-8-35(23,31)32/h4-5,9-10,15H,3,6-8H2,1-2H3,(H,24,28)(H2,23,31,32). The van der Waals surface area contributed by atoms with Crippen molar-refractivity contribution in [2.24, 2.45) is 5.14 Å². The SMILES string of the molecule is CCCn1cc(-c2ccc3nc(C(C(=O)NCCS(N)(=O)=O)S(C)(=O)=O)sc3c2)c(C(F)(F)F)n1. The Hall–Kier alpha value is -2.56. The van der Waals surface area contributed by atoms with Crippen molar-refractivity contribution in [2.75, 3.05) is 18.6 Å². The molecule has 1 atom stereocenters. The summed E-state index contributed by atoms with van der Waals surface area (Å²) in [5.74, 6) is -1.58. The van der Waals surface area contributed by atoms with Gasteiger partial charge in [-0.1, -0.05) is 13.0 Å². The molecule has 0 aliphatic rings. The maximum atomic E-state index is 13.6. The molecule has 0 saturated carbocycles. The molecule has 3 aromatic rings. The van der Waals surface area contributed by atoms with E-state index < -0.39 is 55.2 Å². The van der Waals surface area contributed by atoms with Gasteiger partial charge in [0.05, 0.1) is 16.0 Å². The highest BCUT2D eigenvalue weighted by atomic mass is 32.2. The topological polar surface area (TPSA) is 154 Å². The summed E-state index contributed by atoms with van der Waals surface area (Å²) >= 11 is 0.836. The van der Waals surface area contributed by atoms with Crippen LogP contribution in [0.2, 0.25) is 0 Å². The summed E-state index contributed by atoms with van der Waals surface area (Å²) in [7, 11) is -7.91. The van der Waals surface area contributed by atoms with Crippen LogP contribution in [0.3, 0.4) is 0 Å². The van der Waals surface area contributed by atoms with Crippen molar-refractivity contribution >= 4 is 47.3 Å². The second kappa shape index (κ2) is 9.83. The number of nitrogens with one attached hydrogen (secondary N) is 1. The van der Waals surface area contributed by atoms with Crippen LogP contribution in [0.1, 0.15) is 29.3 Å². The summed E-state index contributed by atoms with van der Waals surface area (Å²) < 4.78 is 89.1. The molecule has 16 heteroatoms. The average Bonchev–Trinajstić information content (AvgIpc) is 3.29. The maximum Gasteiger partial charge on any atom is 0.435 e. The van der Waals surface area contributed by atoms with Crippen LogP contribution in [-0.4, -0.2) is 56.1 Å². The molecule has 0 radical (unpaired) electrons. The number of primary sulfonamides is 1. The quantitative estimate of drug-likeness (QED) is 0.411. The fourth-order valence-corrected chi connectivity index (χ4v) is 6.24. The lowest BCUT2D eigenvalue weighted by atomic mass is 10.1. The number of sulfone groups is 1. The van der Waals surface area contributed by atoms with Crippen LogP contribution < -0.4 is 10.5 Å². The van der Waals surface area contributed by atoms with E-state index in [0.29, 0.717) is 17.7 Å². The van der Waals surface area contributed by atoms with E-state index in [0.717, 1.165) is 17.6 Å². The molecular weight excluding hydrogens is 531 g/mol. The number of aromatic nitrogens is 3. The van der Waals surface area contributed by atoms with Crippen molar-refractivity contribution in [3.63, 3.8) is 0 Å². The van der Waals surface area contributed by atoms with Gasteiger partial charge in [0, 0.05) is 31.1 Å². The molecule has 1 amide bonds. The van der Waals surface area contributed by atoms with Crippen LogP contribution in [0.15, 0.2) is 24.4 Å². The van der Waals surface area contributed by atoms with Gasteiger partial charge in [-0.3, -0.25) is 9.48 Å². The number of nitrogens with two attached hydrogens (primary N) is 1. The lowest BCUT2D eigenvalue weighted by Crippen LogP contribution is -2.37. The van der Waals surface area contributed by atoms with Crippen LogP contribution in [0.25, 0.3) is 21.3 Å². The molecule has 1 aromatic carbocycles. The van der Waals surface area contributed by atoms with Crippen molar-refractivity contribution in [3.05, 3.63) is 35.1 Å². The molecule has 1 unspecified atom stereocenters. The van der Waals surface area contributed by atoms with Gasteiger partial charge in [-0.15, -0.1) is 11.3 Å². The monoisotopic (exact) mass is 553 g/mol. The first-order chi connectivity index (χ1) is 16.1. The fraction of sp³-hybridized carbons (Fsp3) is 0.421. The van der Waals surface area contributed by atoms with Crippen LogP contribution in [0.4, 0.5) is 13.2 Å². The summed E-state index contributed by atoms with van der Waals surface area (Å²) in [5.41, 5.74) is -0.688. The number of nitrogens with zero attached hydrogens (tertiary/aromatic N) is 3. The van der Waals surface area contributed by atoms with Crippen LogP contribution in [-0.2, 0) is 37.4 Å². The smallest absolute Gasteiger partial charge is 0.354 e. The molecule has 3 rings (SSSR count). The summed E-state index contributed by atoms with van der Waals surface area (Å²) in [5, 5.41) is 8.92. The first-order valence-electron chi connectivity index (χ1n) is 10.1. The van der Waals surface area contributed by atoms with Gasteiger partial charge in [-0.05, 0) is 24.1 Å². The summed E-state index contributed by atoms with van der Waals surface area (Å²) in [6, 6.07) is 4.27. The molecule has 10 nitrogen and oxygen atoms in total. The van der Waals surface area contributed by atoms with E-state index in [9.17, 15) is 34.8 Å². The van der Waals surface area contributed by atoms with E-state index in [-0.39, 0.29) is 21.7 Å². The van der Waals surface area contributed by atoms with Crippen LogP contribution in [0.5, 0.6) is 0 Å².